The van der Waals surface area contributed by atoms with Crippen LogP contribution < -0.4 is 10.6 Å². The number of ether oxygens (including phenoxy) is 1. The number of carbonyl (C=O) groups is 3. The number of alkyl carbamates (subject to hydrolysis) is 1. The topological polar surface area (TPSA) is 108 Å². The van der Waals surface area contributed by atoms with Gasteiger partial charge in [-0.15, -0.1) is 0 Å². The normalized spacial score (nSPS) is 23.5. The fourth-order valence-corrected chi connectivity index (χ4v) is 6.76. The van der Waals surface area contributed by atoms with Crippen molar-refractivity contribution in [2.24, 2.45) is 5.92 Å². The molecular weight excluding hydrogens is 518 g/mol. The highest BCUT2D eigenvalue weighted by atomic mass is 16.5. The summed E-state index contributed by atoms with van der Waals surface area (Å²) < 4.78 is 5.71. The van der Waals surface area contributed by atoms with E-state index in [1.54, 1.807) is 0 Å². The molecule has 3 unspecified atom stereocenters. The summed E-state index contributed by atoms with van der Waals surface area (Å²) in [7, 11) is 0. The van der Waals surface area contributed by atoms with Crippen LogP contribution in [0.3, 0.4) is 0 Å². The van der Waals surface area contributed by atoms with Gasteiger partial charge in [-0.05, 0) is 47.1 Å². The van der Waals surface area contributed by atoms with Crippen LogP contribution in [-0.4, -0.2) is 59.3 Å². The van der Waals surface area contributed by atoms with Crippen molar-refractivity contribution in [3.05, 3.63) is 95.6 Å². The van der Waals surface area contributed by atoms with Crippen molar-refractivity contribution in [1.29, 1.82) is 0 Å². The van der Waals surface area contributed by atoms with E-state index in [2.05, 4.69) is 39.8 Å². The molecule has 3 aromatic carbocycles. The summed E-state index contributed by atoms with van der Waals surface area (Å²) in [5.74, 6) is -1.90. The fourth-order valence-electron chi connectivity index (χ4n) is 6.76. The van der Waals surface area contributed by atoms with Crippen molar-refractivity contribution in [1.82, 2.24) is 15.5 Å². The van der Waals surface area contributed by atoms with E-state index in [9.17, 15) is 19.5 Å². The zero-order valence-electron chi connectivity index (χ0n) is 22.9. The summed E-state index contributed by atoms with van der Waals surface area (Å²) in [5.41, 5.74) is 4.34. The molecule has 1 heterocycles. The Morgan fingerprint density at radius 1 is 0.902 bits per heavy atom. The minimum Gasteiger partial charge on any atom is -0.479 e. The summed E-state index contributed by atoms with van der Waals surface area (Å²) in [5, 5.41) is 15.9. The van der Waals surface area contributed by atoms with Crippen LogP contribution in [0, 0.1) is 5.92 Å². The quantitative estimate of drug-likeness (QED) is 0.378. The highest BCUT2D eigenvalue weighted by Gasteiger charge is 2.48. The largest absolute Gasteiger partial charge is 0.479 e. The summed E-state index contributed by atoms with van der Waals surface area (Å²) >= 11 is 0. The predicted octanol–water partition coefficient (Wildman–Crippen LogP) is 4.54. The lowest BCUT2D eigenvalue weighted by molar-refractivity contribution is -0.147. The van der Waals surface area contributed by atoms with Gasteiger partial charge in [0.2, 0.25) is 5.91 Å². The molecule has 8 nitrogen and oxygen atoms in total. The van der Waals surface area contributed by atoms with Crippen LogP contribution in [0.4, 0.5) is 4.79 Å². The van der Waals surface area contributed by atoms with Crippen molar-refractivity contribution in [2.45, 2.75) is 49.7 Å². The zero-order valence-corrected chi connectivity index (χ0v) is 22.9. The van der Waals surface area contributed by atoms with Crippen LogP contribution in [0.5, 0.6) is 0 Å². The van der Waals surface area contributed by atoms with Gasteiger partial charge in [0.1, 0.15) is 6.61 Å². The van der Waals surface area contributed by atoms with E-state index in [4.69, 9.17) is 4.74 Å². The molecule has 3 aliphatic rings. The van der Waals surface area contributed by atoms with E-state index >= 15 is 0 Å². The van der Waals surface area contributed by atoms with Gasteiger partial charge in [-0.2, -0.15) is 0 Å². The minimum absolute atomic E-state index is 0.0487. The summed E-state index contributed by atoms with van der Waals surface area (Å²) in [6.45, 7) is 1.64. The molecule has 1 aliphatic heterocycles. The number of carboxylic acids is 1. The van der Waals surface area contributed by atoms with Crippen LogP contribution >= 0.6 is 0 Å². The van der Waals surface area contributed by atoms with E-state index in [0.29, 0.717) is 32.4 Å². The monoisotopic (exact) mass is 553 g/mol. The number of likely N-dealkylation sites (tertiary alicyclic amines) is 1. The van der Waals surface area contributed by atoms with E-state index in [1.165, 1.54) is 0 Å². The van der Waals surface area contributed by atoms with Crippen molar-refractivity contribution in [3.63, 3.8) is 0 Å². The Balaban J connectivity index is 1.06. The fraction of sp³-hybridized carbons (Fsp3) is 0.364. The average Bonchev–Trinajstić information content (AvgIpc) is 3.69. The molecule has 6 rings (SSSR count). The Morgan fingerprint density at radius 2 is 1.56 bits per heavy atom. The summed E-state index contributed by atoms with van der Waals surface area (Å²) in [6.07, 6.45) is 1.77. The SMILES string of the molecule is O=C(NC1CCCC1C(=O)NC1(C(=O)O)CCN(Cc2ccccc2)C1)OCC1c2ccccc2-c2ccccc21. The molecule has 2 amide bonds. The molecule has 3 N–H and O–H groups in total. The van der Waals surface area contributed by atoms with E-state index in [1.807, 2.05) is 54.6 Å². The van der Waals surface area contributed by atoms with Gasteiger partial charge in [-0.3, -0.25) is 9.69 Å². The first-order valence-electron chi connectivity index (χ1n) is 14.4. The number of amides is 2. The Hall–Kier alpha value is -4.17. The van der Waals surface area contributed by atoms with Gasteiger partial charge in [0.25, 0.3) is 0 Å². The Kier molecular flexibility index (Phi) is 7.49. The molecule has 1 saturated heterocycles. The van der Waals surface area contributed by atoms with Gasteiger partial charge in [0.05, 0.1) is 5.92 Å². The lowest BCUT2D eigenvalue weighted by Crippen LogP contribution is -2.59. The average molecular weight is 554 g/mol. The number of carbonyl (C=O) groups excluding carboxylic acids is 2. The number of rotatable bonds is 8. The molecule has 8 heteroatoms. The number of fused-ring (bicyclic) bond motifs is 3. The van der Waals surface area contributed by atoms with E-state index < -0.39 is 29.6 Å². The van der Waals surface area contributed by atoms with Crippen LogP contribution in [0.1, 0.15) is 48.3 Å². The molecule has 1 saturated carbocycles. The van der Waals surface area contributed by atoms with Crippen molar-refractivity contribution < 1.29 is 24.2 Å². The third-order valence-corrected chi connectivity index (χ3v) is 8.87. The van der Waals surface area contributed by atoms with Crippen molar-refractivity contribution >= 4 is 18.0 Å². The lowest BCUT2D eigenvalue weighted by atomic mass is 9.95. The molecule has 212 valence electrons. The van der Waals surface area contributed by atoms with Gasteiger partial charge < -0.3 is 20.5 Å². The number of hydrogen-bond acceptors (Lipinski definition) is 5. The second-order valence-corrected chi connectivity index (χ2v) is 11.4. The zero-order chi connectivity index (χ0) is 28.4. The first-order valence-corrected chi connectivity index (χ1v) is 14.4. The number of hydrogen-bond donors (Lipinski definition) is 3. The number of benzene rings is 3. The molecule has 3 aromatic rings. The van der Waals surface area contributed by atoms with Gasteiger partial charge in [0, 0.05) is 31.6 Å². The lowest BCUT2D eigenvalue weighted by Gasteiger charge is -2.29. The number of aliphatic carboxylic acids is 1. The maximum absolute atomic E-state index is 13.4. The summed E-state index contributed by atoms with van der Waals surface area (Å²) in [4.78, 5) is 40.8. The Bertz CT molecular complexity index is 1400. The van der Waals surface area contributed by atoms with Crippen LogP contribution in [0.2, 0.25) is 0 Å². The van der Waals surface area contributed by atoms with Crippen LogP contribution in [0.15, 0.2) is 78.9 Å². The summed E-state index contributed by atoms with van der Waals surface area (Å²) in [6, 6.07) is 25.8. The standard InChI is InChI=1S/C33H35N3O5/c37-30(35-33(31(38)39)17-18-36(21-33)19-22-9-2-1-3-10-22)27-15-8-16-29(27)34-32(40)41-20-28-25-13-6-4-11-23(25)24-12-5-7-14-26(24)28/h1-7,9-14,27-29H,8,15-21H2,(H,34,40)(H,35,37)(H,38,39). The number of nitrogens with one attached hydrogen (secondary N) is 2. The molecule has 0 bridgehead atoms. The van der Waals surface area contributed by atoms with Crippen molar-refractivity contribution in [3.8, 4) is 11.1 Å². The second kappa shape index (κ2) is 11.4. The van der Waals surface area contributed by atoms with E-state index in [-0.39, 0.29) is 25.0 Å². The number of carboxylic acid groups (broad SMARTS) is 1. The first-order chi connectivity index (χ1) is 19.9. The van der Waals surface area contributed by atoms with Gasteiger partial charge in [0.15, 0.2) is 5.54 Å². The molecule has 2 aliphatic carbocycles. The maximum atomic E-state index is 13.4. The molecule has 0 aromatic heterocycles. The molecule has 2 fully saturated rings. The minimum atomic E-state index is -1.34. The van der Waals surface area contributed by atoms with Crippen LogP contribution in [-0.2, 0) is 20.9 Å². The van der Waals surface area contributed by atoms with Gasteiger partial charge >= 0.3 is 12.1 Å². The number of nitrogens with zero attached hydrogens (tertiary/aromatic N) is 1. The van der Waals surface area contributed by atoms with Crippen molar-refractivity contribution in [2.75, 3.05) is 19.7 Å². The molecule has 3 atom stereocenters. The molecule has 0 radical (unpaired) electrons. The Labute approximate surface area is 239 Å². The Morgan fingerprint density at radius 3 is 2.24 bits per heavy atom. The highest BCUT2D eigenvalue weighted by Crippen LogP contribution is 2.44. The highest BCUT2D eigenvalue weighted by molar-refractivity contribution is 5.89. The van der Waals surface area contributed by atoms with Gasteiger partial charge in [-0.25, -0.2) is 9.59 Å². The van der Waals surface area contributed by atoms with Gasteiger partial charge in [-0.1, -0.05) is 85.3 Å². The van der Waals surface area contributed by atoms with Crippen LogP contribution in [0.25, 0.3) is 11.1 Å². The second-order valence-electron chi connectivity index (χ2n) is 11.4. The molecule has 41 heavy (non-hydrogen) atoms. The third-order valence-electron chi connectivity index (χ3n) is 8.87. The smallest absolute Gasteiger partial charge is 0.407 e. The predicted molar refractivity (Wildman–Crippen MR) is 154 cm³/mol. The maximum Gasteiger partial charge on any atom is 0.407 e. The third kappa shape index (κ3) is 5.44. The first kappa shape index (κ1) is 27.0. The molecule has 0 spiro atoms. The molecular formula is C33H35N3O5. The van der Waals surface area contributed by atoms with E-state index in [0.717, 1.165) is 34.2 Å².